The van der Waals surface area contributed by atoms with Gasteiger partial charge in [0.05, 0.1) is 12.3 Å². The Kier molecular flexibility index (Phi) is 7.15. The molecule has 1 fully saturated rings. The third kappa shape index (κ3) is 5.50. The van der Waals surface area contributed by atoms with Crippen LogP contribution in [0.3, 0.4) is 0 Å². The molecule has 1 saturated carbocycles. The van der Waals surface area contributed by atoms with Crippen molar-refractivity contribution in [3.8, 4) is 11.1 Å². The van der Waals surface area contributed by atoms with E-state index in [1.54, 1.807) is 0 Å². The molecule has 0 bridgehead atoms. The van der Waals surface area contributed by atoms with Crippen molar-refractivity contribution in [2.24, 2.45) is 11.3 Å². The first kappa shape index (κ1) is 24.8. The van der Waals surface area contributed by atoms with Crippen LogP contribution in [0.2, 0.25) is 0 Å². The van der Waals surface area contributed by atoms with E-state index in [2.05, 4.69) is 34.9 Å². The zero-order valence-electron chi connectivity index (χ0n) is 20.5. The van der Waals surface area contributed by atoms with Crippen molar-refractivity contribution in [2.75, 3.05) is 6.61 Å². The van der Waals surface area contributed by atoms with E-state index in [0.29, 0.717) is 12.8 Å². The molecule has 0 aromatic heterocycles. The number of aliphatic carboxylic acids is 1. The summed E-state index contributed by atoms with van der Waals surface area (Å²) < 4.78 is 5.66. The van der Waals surface area contributed by atoms with Gasteiger partial charge in [-0.3, -0.25) is 9.59 Å². The monoisotopic (exact) mass is 478 g/mol. The van der Waals surface area contributed by atoms with Crippen molar-refractivity contribution < 1.29 is 24.2 Å². The highest BCUT2D eigenvalue weighted by atomic mass is 16.5. The number of alkyl carbamates (subject to hydrolysis) is 1. The highest BCUT2D eigenvalue weighted by Crippen LogP contribution is 2.44. The third-order valence-electron chi connectivity index (χ3n) is 7.24. The highest BCUT2D eigenvalue weighted by molar-refractivity contribution is 5.82. The Morgan fingerprint density at radius 2 is 1.60 bits per heavy atom. The Morgan fingerprint density at radius 3 is 2.17 bits per heavy atom. The Bertz CT molecular complexity index is 1060. The molecule has 2 aliphatic rings. The number of carboxylic acids is 1. The molecule has 7 nitrogen and oxygen atoms in total. The van der Waals surface area contributed by atoms with Crippen molar-refractivity contribution in [2.45, 2.75) is 64.5 Å². The van der Waals surface area contributed by atoms with Gasteiger partial charge in [0.2, 0.25) is 5.91 Å². The quantitative estimate of drug-likeness (QED) is 0.535. The number of carboxylic acid groups (broad SMARTS) is 1. The molecule has 0 radical (unpaired) electrons. The van der Waals surface area contributed by atoms with Gasteiger partial charge in [-0.05, 0) is 40.5 Å². The summed E-state index contributed by atoms with van der Waals surface area (Å²) in [7, 11) is 0. The molecule has 186 valence electrons. The van der Waals surface area contributed by atoms with Gasteiger partial charge < -0.3 is 20.5 Å². The number of hydrogen-bond acceptors (Lipinski definition) is 4. The van der Waals surface area contributed by atoms with Crippen LogP contribution in [0.25, 0.3) is 11.1 Å². The number of hydrogen-bond donors (Lipinski definition) is 3. The van der Waals surface area contributed by atoms with Crippen molar-refractivity contribution in [3.63, 3.8) is 0 Å². The fraction of sp³-hybridized carbons (Fsp3) is 0.464. The van der Waals surface area contributed by atoms with Crippen molar-refractivity contribution in [3.05, 3.63) is 59.7 Å². The van der Waals surface area contributed by atoms with E-state index in [-0.39, 0.29) is 30.9 Å². The molecule has 0 saturated heterocycles. The largest absolute Gasteiger partial charge is 0.481 e. The molecule has 0 aliphatic heterocycles. The predicted octanol–water partition coefficient (Wildman–Crippen LogP) is 4.70. The minimum Gasteiger partial charge on any atom is -0.481 e. The predicted molar refractivity (Wildman–Crippen MR) is 133 cm³/mol. The smallest absolute Gasteiger partial charge is 0.407 e. The van der Waals surface area contributed by atoms with Crippen molar-refractivity contribution >= 4 is 18.0 Å². The van der Waals surface area contributed by atoms with Gasteiger partial charge in [0, 0.05) is 18.0 Å². The van der Waals surface area contributed by atoms with Gasteiger partial charge in [-0.2, -0.15) is 0 Å². The van der Waals surface area contributed by atoms with E-state index in [1.807, 2.05) is 45.0 Å². The molecule has 7 heteroatoms. The van der Waals surface area contributed by atoms with Crippen molar-refractivity contribution in [1.29, 1.82) is 0 Å². The maximum Gasteiger partial charge on any atom is 0.407 e. The SMILES string of the molecule is CC(C)(C)C(CC(=O)O)NC(=O)[C@@H]1CCC[C@@H]1NC(=O)OCC1c2ccccc2-c2ccccc21. The van der Waals surface area contributed by atoms with Crippen LogP contribution in [0.4, 0.5) is 4.79 Å². The minimum atomic E-state index is -0.954. The van der Waals surface area contributed by atoms with Crippen LogP contribution < -0.4 is 10.6 Å². The van der Waals surface area contributed by atoms with E-state index in [1.165, 1.54) is 11.1 Å². The second-order valence-electron chi connectivity index (χ2n) is 10.6. The Labute approximate surface area is 206 Å². The molecule has 2 aromatic carbocycles. The summed E-state index contributed by atoms with van der Waals surface area (Å²) >= 11 is 0. The molecule has 3 N–H and O–H groups in total. The first-order chi connectivity index (χ1) is 16.6. The lowest BCUT2D eigenvalue weighted by Gasteiger charge is -2.32. The number of nitrogens with one attached hydrogen (secondary N) is 2. The van der Waals surface area contributed by atoms with Gasteiger partial charge in [-0.15, -0.1) is 0 Å². The maximum atomic E-state index is 13.0. The van der Waals surface area contributed by atoms with Crippen LogP contribution in [0, 0.1) is 11.3 Å². The fourth-order valence-corrected chi connectivity index (χ4v) is 5.27. The molecule has 0 heterocycles. The normalized spacial score (nSPS) is 20.0. The maximum absolute atomic E-state index is 13.0. The second kappa shape index (κ2) is 10.1. The second-order valence-corrected chi connectivity index (χ2v) is 10.6. The molecular weight excluding hydrogens is 444 g/mol. The zero-order chi connectivity index (χ0) is 25.2. The van der Waals surface area contributed by atoms with Crippen LogP contribution in [0.1, 0.15) is 63.5 Å². The van der Waals surface area contributed by atoms with E-state index in [4.69, 9.17) is 4.74 Å². The average Bonchev–Trinajstić information content (AvgIpc) is 3.39. The van der Waals surface area contributed by atoms with Gasteiger partial charge in [-0.1, -0.05) is 75.7 Å². The summed E-state index contributed by atoms with van der Waals surface area (Å²) in [5, 5.41) is 15.1. The van der Waals surface area contributed by atoms with E-state index in [0.717, 1.165) is 17.5 Å². The number of carbonyl (C=O) groups excluding carboxylic acids is 2. The molecule has 2 amide bonds. The number of ether oxygens (including phenoxy) is 1. The first-order valence-electron chi connectivity index (χ1n) is 12.3. The average molecular weight is 479 g/mol. The summed E-state index contributed by atoms with van der Waals surface area (Å²) in [5.41, 5.74) is 4.22. The minimum absolute atomic E-state index is 0.0283. The lowest BCUT2D eigenvalue weighted by atomic mass is 9.84. The summed E-state index contributed by atoms with van der Waals surface area (Å²) in [4.78, 5) is 37.0. The molecule has 2 aliphatic carbocycles. The molecule has 2 aromatic rings. The lowest BCUT2D eigenvalue weighted by Crippen LogP contribution is -2.50. The Hall–Kier alpha value is -3.35. The number of rotatable bonds is 7. The molecule has 35 heavy (non-hydrogen) atoms. The third-order valence-corrected chi connectivity index (χ3v) is 7.24. The Morgan fingerprint density at radius 1 is 1.00 bits per heavy atom. The molecule has 1 unspecified atom stereocenters. The summed E-state index contributed by atoms with van der Waals surface area (Å²) in [5.74, 6) is -1.61. The summed E-state index contributed by atoms with van der Waals surface area (Å²) in [6.45, 7) is 5.93. The molecular formula is C28H34N2O5. The summed E-state index contributed by atoms with van der Waals surface area (Å²) in [6, 6.07) is 15.5. The van der Waals surface area contributed by atoms with Crippen molar-refractivity contribution in [1.82, 2.24) is 10.6 Å². The van der Waals surface area contributed by atoms with Crippen LogP contribution in [-0.2, 0) is 14.3 Å². The lowest BCUT2D eigenvalue weighted by molar-refractivity contribution is -0.138. The number of benzene rings is 2. The first-order valence-corrected chi connectivity index (χ1v) is 12.3. The molecule has 0 spiro atoms. The van der Waals surface area contributed by atoms with Crippen LogP contribution in [0.15, 0.2) is 48.5 Å². The van der Waals surface area contributed by atoms with Gasteiger partial charge in [0.1, 0.15) is 6.61 Å². The van der Waals surface area contributed by atoms with Crippen LogP contribution in [-0.4, -0.2) is 41.8 Å². The number of amides is 2. The number of fused-ring (bicyclic) bond motifs is 3. The van der Waals surface area contributed by atoms with Gasteiger partial charge in [0.25, 0.3) is 0 Å². The zero-order valence-corrected chi connectivity index (χ0v) is 20.5. The van der Waals surface area contributed by atoms with Crippen LogP contribution in [0.5, 0.6) is 0 Å². The van der Waals surface area contributed by atoms with Crippen LogP contribution >= 0.6 is 0 Å². The Balaban J connectivity index is 1.37. The standard InChI is InChI=1S/C28H34N2O5/c1-28(2,3)24(15-25(31)32)30-26(33)21-13-8-14-23(21)29-27(34)35-16-22-19-11-6-4-9-17(19)18-10-5-7-12-20(18)22/h4-7,9-12,21-24H,8,13-16H2,1-3H3,(H,29,34)(H,30,33)(H,31,32)/t21-,23+,24?/m1/s1. The topological polar surface area (TPSA) is 105 Å². The van der Waals surface area contributed by atoms with E-state index >= 15 is 0 Å². The fourth-order valence-electron chi connectivity index (χ4n) is 5.27. The van der Waals surface area contributed by atoms with Gasteiger partial charge in [0.15, 0.2) is 0 Å². The number of carbonyl (C=O) groups is 3. The van der Waals surface area contributed by atoms with Gasteiger partial charge >= 0.3 is 12.1 Å². The molecule has 4 rings (SSSR count). The summed E-state index contributed by atoms with van der Waals surface area (Å²) in [6.07, 6.45) is 1.46. The van der Waals surface area contributed by atoms with E-state index < -0.39 is 29.4 Å². The van der Waals surface area contributed by atoms with Gasteiger partial charge in [-0.25, -0.2) is 4.79 Å². The highest BCUT2D eigenvalue weighted by Gasteiger charge is 2.38. The van der Waals surface area contributed by atoms with E-state index in [9.17, 15) is 19.5 Å². The molecule has 3 atom stereocenters.